The molecule has 1 amide bonds. The number of aryl methyl sites for hydroxylation is 1. The van der Waals surface area contributed by atoms with Gasteiger partial charge in [0.05, 0.1) is 6.54 Å². The maximum atomic E-state index is 12.2. The predicted octanol–water partition coefficient (Wildman–Crippen LogP) is 2.96. The van der Waals surface area contributed by atoms with E-state index in [1.807, 2.05) is 18.2 Å². The van der Waals surface area contributed by atoms with Crippen molar-refractivity contribution in [2.24, 2.45) is 0 Å². The topological polar surface area (TPSA) is 41.1 Å². The molecular formula is C16H18N2OS. The average molecular weight is 286 g/mol. The molecule has 3 nitrogen and oxygen atoms in total. The summed E-state index contributed by atoms with van der Waals surface area (Å²) in [6.45, 7) is 2.77. The molecule has 3 rings (SSSR count). The van der Waals surface area contributed by atoms with Crippen molar-refractivity contribution in [3.63, 3.8) is 0 Å². The van der Waals surface area contributed by atoms with Crippen molar-refractivity contribution in [1.29, 1.82) is 0 Å². The third-order valence-electron chi connectivity index (χ3n) is 3.59. The lowest BCUT2D eigenvalue weighted by atomic mass is 10.1. The van der Waals surface area contributed by atoms with Crippen molar-refractivity contribution >= 4 is 22.9 Å². The van der Waals surface area contributed by atoms with E-state index in [0.717, 1.165) is 18.5 Å². The number of rotatable bonds is 4. The highest BCUT2D eigenvalue weighted by Crippen LogP contribution is 2.25. The van der Waals surface area contributed by atoms with Crippen LogP contribution in [0.3, 0.4) is 0 Å². The standard InChI is InChI=1S/C16H18N2OS/c1-2-12-7-8-13(20-12)10-17-16(19)15-9-11-5-3-4-6-14(11)18-15/h3-8,15,18H,2,9-10H2,1H3,(H,17,19)/t15-/m0/s1. The number of amides is 1. The van der Waals surface area contributed by atoms with E-state index in [9.17, 15) is 4.79 Å². The molecule has 0 saturated carbocycles. The Hall–Kier alpha value is -1.81. The zero-order valence-corrected chi connectivity index (χ0v) is 12.3. The molecule has 20 heavy (non-hydrogen) atoms. The van der Waals surface area contributed by atoms with E-state index >= 15 is 0 Å². The first-order chi connectivity index (χ1) is 9.76. The maximum absolute atomic E-state index is 12.2. The Morgan fingerprint density at radius 2 is 2.10 bits per heavy atom. The van der Waals surface area contributed by atoms with Gasteiger partial charge in [0.25, 0.3) is 0 Å². The largest absolute Gasteiger partial charge is 0.373 e. The summed E-state index contributed by atoms with van der Waals surface area (Å²) in [6, 6.07) is 12.2. The fourth-order valence-electron chi connectivity index (χ4n) is 2.46. The highest BCUT2D eigenvalue weighted by molar-refractivity contribution is 7.11. The molecule has 0 radical (unpaired) electrons. The molecule has 0 aliphatic carbocycles. The van der Waals surface area contributed by atoms with Crippen LogP contribution in [0.2, 0.25) is 0 Å². The number of hydrogen-bond donors (Lipinski definition) is 2. The van der Waals surface area contributed by atoms with Crippen LogP contribution in [-0.4, -0.2) is 11.9 Å². The molecule has 1 aliphatic rings. The number of anilines is 1. The number of nitrogens with one attached hydrogen (secondary N) is 2. The van der Waals surface area contributed by atoms with Crippen molar-refractivity contribution in [3.8, 4) is 0 Å². The number of hydrogen-bond acceptors (Lipinski definition) is 3. The van der Waals surface area contributed by atoms with Gasteiger partial charge in [-0.3, -0.25) is 4.79 Å². The Morgan fingerprint density at radius 1 is 1.30 bits per heavy atom. The van der Waals surface area contributed by atoms with Crippen LogP contribution in [-0.2, 0) is 24.2 Å². The van der Waals surface area contributed by atoms with Gasteiger partial charge in [0.2, 0.25) is 5.91 Å². The number of carbonyl (C=O) groups excluding carboxylic acids is 1. The van der Waals surface area contributed by atoms with Crippen LogP contribution in [0.4, 0.5) is 5.69 Å². The number of fused-ring (bicyclic) bond motifs is 1. The minimum atomic E-state index is -0.141. The Morgan fingerprint density at radius 3 is 2.85 bits per heavy atom. The van der Waals surface area contributed by atoms with Gasteiger partial charge < -0.3 is 10.6 Å². The molecule has 0 saturated heterocycles. The highest BCUT2D eigenvalue weighted by atomic mass is 32.1. The van der Waals surface area contributed by atoms with Crippen molar-refractivity contribution in [1.82, 2.24) is 5.32 Å². The van der Waals surface area contributed by atoms with Crippen LogP contribution in [0.15, 0.2) is 36.4 Å². The summed E-state index contributed by atoms with van der Waals surface area (Å²) in [5.74, 6) is 0.0765. The molecule has 0 spiro atoms. The van der Waals surface area contributed by atoms with E-state index in [0.29, 0.717) is 6.54 Å². The molecule has 0 unspecified atom stereocenters. The van der Waals surface area contributed by atoms with Crippen LogP contribution >= 0.6 is 11.3 Å². The Labute approximate surface area is 123 Å². The smallest absolute Gasteiger partial charge is 0.243 e. The van der Waals surface area contributed by atoms with Crippen molar-refractivity contribution < 1.29 is 4.79 Å². The van der Waals surface area contributed by atoms with E-state index in [4.69, 9.17) is 0 Å². The third kappa shape index (κ3) is 2.70. The van der Waals surface area contributed by atoms with Gasteiger partial charge in [-0.25, -0.2) is 0 Å². The second kappa shape index (κ2) is 5.67. The summed E-state index contributed by atoms with van der Waals surface area (Å²) in [5.41, 5.74) is 2.30. The SMILES string of the molecule is CCc1ccc(CNC(=O)[C@@H]2Cc3ccccc3N2)s1. The number of thiophene rings is 1. The summed E-state index contributed by atoms with van der Waals surface area (Å²) in [7, 11) is 0. The molecule has 1 atom stereocenters. The lowest BCUT2D eigenvalue weighted by Gasteiger charge is -2.11. The fraction of sp³-hybridized carbons (Fsp3) is 0.312. The molecular weight excluding hydrogens is 268 g/mol. The monoisotopic (exact) mass is 286 g/mol. The van der Waals surface area contributed by atoms with Gasteiger partial charge in [0.15, 0.2) is 0 Å². The molecule has 1 aromatic heterocycles. The first kappa shape index (κ1) is 13.2. The Balaban J connectivity index is 1.56. The predicted molar refractivity (Wildman–Crippen MR) is 83.1 cm³/mol. The molecule has 0 bridgehead atoms. The summed E-state index contributed by atoms with van der Waals surface area (Å²) in [5, 5.41) is 6.30. The van der Waals surface area contributed by atoms with Crippen molar-refractivity contribution in [3.05, 3.63) is 51.7 Å². The summed E-state index contributed by atoms with van der Waals surface area (Å²) >= 11 is 1.77. The second-order valence-electron chi connectivity index (χ2n) is 5.00. The first-order valence-corrected chi connectivity index (χ1v) is 7.77. The van der Waals surface area contributed by atoms with Crippen LogP contribution in [0.1, 0.15) is 22.2 Å². The number of para-hydroxylation sites is 1. The van der Waals surface area contributed by atoms with Gasteiger partial charge in [0, 0.05) is 21.9 Å². The van der Waals surface area contributed by atoms with Crippen LogP contribution in [0.25, 0.3) is 0 Å². The molecule has 2 N–H and O–H groups in total. The Kier molecular flexibility index (Phi) is 3.74. The first-order valence-electron chi connectivity index (χ1n) is 6.96. The molecule has 0 fully saturated rings. The summed E-state index contributed by atoms with van der Waals surface area (Å²) in [4.78, 5) is 14.8. The van der Waals surface area contributed by atoms with Gasteiger partial charge >= 0.3 is 0 Å². The van der Waals surface area contributed by atoms with Gasteiger partial charge in [-0.2, -0.15) is 0 Å². The minimum Gasteiger partial charge on any atom is -0.373 e. The van der Waals surface area contributed by atoms with E-state index < -0.39 is 0 Å². The molecule has 1 aliphatic heterocycles. The van der Waals surface area contributed by atoms with E-state index in [-0.39, 0.29) is 11.9 Å². The van der Waals surface area contributed by atoms with E-state index in [1.54, 1.807) is 11.3 Å². The molecule has 1 aromatic carbocycles. The van der Waals surface area contributed by atoms with E-state index in [2.05, 4.69) is 35.8 Å². The van der Waals surface area contributed by atoms with Gasteiger partial charge in [-0.15, -0.1) is 11.3 Å². The number of benzene rings is 1. The average Bonchev–Trinajstić information content (AvgIpc) is 3.10. The van der Waals surface area contributed by atoms with Crippen molar-refractivity contribution in [2.75, 3.05) is 5.32 Å². The number of carbonyl (C=O) groups is 1. The summed E-state index contributed by atoms with van der Waals surface area (Å²) in [6.07, 6.45) is 1.82. The van der Waals surface area contributed by atoms with Crippen LogP contribution < -0.4 is 10.6 Å². The minimum absolute atomic E-state index is 0.0765. The lowest BCUT2D eigenvalue weighted by Crippen LogP contribution is -2.37. The maximum Gasteiger partial charge on any atom is 0.243 e. The van der Waals surface area contributed by atoms with Gasteiger partial charge in [-0.05, 0) is 30.2 Å². The van der Waals surface area contributed by atoms with E-state index in [1.165, 1.54) is 15.3 Å². The van der Waals surface area contributed by atoms with Crippen LogP contribution in [0, 0.1) is 0 Å². The Bertz CT molecular complexity index is 595. The molecule has 104 valence electrons. The second-order valence-corrected chi connectivity index (χ2v) is 6.25. The third-order valence-corrected chi connectivity index (χ3v) is 4.82. The van der Waals surface area contributed by atoms with Gasteiger partial charge in [0.1, 0.15) is 6.04 Å². The highest BCUT2D eigenvalue weighted by Gasteiger charge is 2.25. The molecule has 2 aromatic rings. The zero-order valence-electron chi connectivity index (χ0n) is 11.5. The van der Waals surface area contributed by atoms with Crippen LogP contribution in [0.5, 0.6) is 0 Å². The zero-order chi connectivity index (χ0) is 13.9. The molecule has 4 heteroatoms. The fourth-order valence-corrected chi connectivity index (χ4v) is 3.36. The van der Waals surface area contributed by atoms with Gasteiger partial charge in [-0.1, -0.05) is 25.1 Å². The quantitative estimate of drug-likeness (QED) is 0.907. The normalized spacial score (nSPS) is 16.6. The molecule has 2 heterocycles. The van der Waals surface area contributed by atoms with Crippen molar-refractivity contribution in [2.45, 2.75) is 32.4 Å². The summed E-state index contributed by atoms with van der Waals surface area (Å²) < 4.78 is 0. The lowest BCUT2D eigenvalue weighted by molar-refractivity contribution is -0.121.